The van der Waals surface area contributed by atoms with Crippen molar-refractivity contribution in [2.75, 3.05) is 33.3 Å². The van der Waals surface area contributed by atoms with Crippen LogP contribution in [0.4, 0.5) is 0 Å². The molecule has 0 spiro atoms. The van der Waals surface area contributed by atoms with Gasteiger partial charge in [0.1, 0.15) is 5.75 Å². The van der Waals surface area contributed by atoms with E-state index in [1.165, 1.54) is 31.5 Å². The van der Waals surface area contributed by atoms with E-state index in [4.69, 9.17) is 9.73 Å². The van der Waals surface area contributed by atoms with E-state index in [-0.39, 0.29) is 0 Å². The van der Waals surface area contributed by atoms with E-state index in [9.17, 15) is 0 Å². The highest BCUT2D eigenvalue weighted by molar-refractivity contribution is 5.80. The zero-order valence-electron chi connectivity index (χ0n) is 16.2. The minimum atomic E-state index is 0.518. The molecule has 1 heterocycles. The van der Waals surface area contributed by atoms with E-state index in [0.717, 1.165) is 31.2 Å². The molecule has 1 saturated heterocycles. The van der Waals surface area contributed by atoms with Gasteiger partial charge in [-0.05, 0) is 57.7 Å². The van der Waals surface area contributed by atoms with Crippen LogP contribution in [-0.2, 0) is 6.42 Å². The fraction of sp³-hybridized carbons (Fsp3) is 0.650. The number of hydrogen-bond acceptors (Lipinski definition) is 3. The first kappa shape index (κ1) is 19.6. The van der Waals surface area contributed by atoms with Crippen LogP contribution in [0.1, 0.15) is 39.2 Å². The number of likely N-dealkylation sites (tertiary alicyclic amines) is 1. The monoisotopic (exact) mass is 346 g/mol. The molecule has 0 amide bonds. The van der Waals surface area contributed by atoms with E-state index in [0.29, 0.717) is 12.1 Å². The summed E-state index contributed by atoms with van der Waals surface area (Å²) in [4.78, 5) is 7.30. The molecule has 1 aromatic carbocycles. The van der Waals surface area contributed by atoms with Gasteiger partial charge < -0.3 is 20.3 Å². The fourth-order valence-corrected chi connectivity index (χ4v) is 3.20. The number of ether oxygens (including phenoxy) is 1. The van der Waals surface area contributed by atoms with Crippen LogP contribution in [0.3, 0.4) is 0 Å². The number of aliphatic imine (C=N–C) groups is 1. The predicted octanol–water partition coefficient (Wildman–Crippen LogP) is 2.67. The molecule has 5 nitrogen and oxygen atoms in total. The van der Waals surface area contributed by atoms with Gasteiger partial charge in [0.05, 0.1) is 7.11 Å². The summed E-state index contributed by atoms with van der Waals surface area (Å²) in [6, 6.07) is 9.37. The smallest absolute Gasteiger partial charge is 0.191 e. The Kier molecular flexibility index (Phi) is 8.06. The lowest BCUT2D eigenvalue weighted by Gasteiger charge is -2.35. The van der Waals surface area contributed by atoms with Gasteiger partial charge in [-0.1, -0.05) is 12.1 Å². The Morgan fingerprint density at radius 1 is 1.32 bits per heavy atom. The summed E-state index contributed by atoms with van der Waals surface area (Å²) >= 11 is 0. The standard InChI is InChI=1S/C20H34N4O/c1-5-21-20(23-18-10-13-24(14-11-18)16(2)3)22-12-9-17-7-6-8-19(15-17)25-4/h6-8,15-16,18H,5,9-14H2,1-4H3,(H2,21,22,23). The number of piperidine rings is 1. The van der Waals surface area contributed by atoms with Crippen LogP contribution in [0.25, 0.3) is 0 Å². The average Bonchev–Trinajstić information content (AvgIpc) is 2.62. The van der Waals surface area contributed by atoms with E-state index >= 15 is 0 Å². The fourth-order valence-electron chi connectivity index (χ4n) is 3.20. The molecule has 25 heavy (non-hydrogen) atoms. The van der Waals surface area contributed by atoms with Crippen LogP contribution in [-0.4, -0.2) is 56.2 Å². The van der Waals surface area contributed by atoms with Crippen molar-refractivity contribution in [1.29, 1.82) is 0 Å². The Balaban J connectivity index is 1.83. The van der Waals surface area contributed by atoms with Crippen molar-refractivity contribution in [3.05, 3.63) is 29.8 Å². The van der Waals surface area contributed by atoms with E-state index in [1.54, 1.807) is 7.11 Å². The molecular formula is C20H34N4O. The lowest BCUT2D eigenvalue weighted by Crippen LogP contribution is -2.49. The summed E-state index contributed by atoms with van der Waals surface area (Å²) in [6.07, 6.45) is 3.27. The number of nitrogens with zero attached hydrogens (tertiary/aromatic N) is 2. The van der Waals surface area contributed by atoms with Gasteiger partial charge in [0.15, 0.2) is 5.96 Å². The molecule has 1 aliphatic heterocycles. The van der Waals surface area contributed by atoms with Crippen LogP contribution in [0.2, 0.25) is 0 Å². The van der Waals surface area contributed by atoms with Gasteiger partial charge in [0, 0.05) is 38.3 Å². The van der Waals surface area contributed by atoms with Gasteiger partial charge in [-0.15, -0.1) is 0 Å². The number of hydrogen-bond donors (Lipinski definition) is 2. The SMILES string of the molecule is CCNC(=NCCc1cccc(OC)c1)NC1CCN(C(C)C)CC1. The zero-order chi connectivity index (χ0) is 18.1. The molecule has 1 aromatic rings. The summed E-state index contributed by atoms with van der Waals surface area (Å²) in [7, 11) is 1.70. The van der Waals surface area contributed by atoms with Gasteiger partial charge in [-0.3, -0.25) is 4.99 Å². The predicted molar refractivity (Wildman–Crippen MR) is 106 cm³/mol. The Hall–Kier alpha value is -1.75. The molecule has 0 unspecified atom stereocenters. The molecule has 0 radical (unpaired) electrons. The average molecular weight is 347 g/mol. The Morgan fingerprint density at radius 3 is 2.72 bits per heavy atom. The lowest BCUT2D eigenvalue weighted by molar-refractivity contribution is 0.167. The van der Waals surface area contributed by atoms with E-state index in [2.05, 4.69) is 48.4 Å². The van der Waals surface area contributed by atoms with Gasteiger partial charge in [0.25, 0.3) is 0 Å². The van der Waals surface area contributed by atoms with Crippen molar-refractivity contribution < 1.29 is 4.74 Å². The van der Waals surface area contributed by atoms with Crippen LogP contribution in [0.15, 0.2) is 29.3 Å². The molecule has 2 N–H and O–H groups in total. The molecule has 2 rings (SSSR count). The summed E-state index contributed by atoms with van der Waals surface area (Å²) in [5, 5.41) is 6.99. The Bertz CT molecular complexity index is 536. The van der Waals surface area contributed by atoms with Crippen molar-refractivity contribution in [3.8, 4) is 5.75 Å². The molecule has 0 atom stereocenters. The summed E-state index contributed by atoms with van der Waals surface area (Å²) in [5.74, 6) is 1.84. The van der Waals surface area contributed by atoms with Gasteiger partial charge in [-0.2, -0.15) is 0 Å². The van der Waals surface area contributed by atoms with Crippen molar-refractivity contribution >= 4 is 5.96 Å². The topological polar surface area (TPSA) is 48.9 Å². The molecule has 0 saturated carbocycles. The zero-order valence-corrected chi connectivity index (χ0v) is 16.2. The van der Waals surface area contributed by atoms with Crippen LogP contribution < -0.4 is 15.4 Å². The van der Waals surface area contributed by atoms with E-state index in [1.807, 2.05) is 12.1 Å². The van der Waals surface area contributed by atoms with Crippen molar-refractivity contribution in [1.82, 2.24) is 15.5 Å². The molecule has 1 aliphatic rings. The maximum atomic E-state index is 5.28. The Morgan fingerprint density at radius 2 is 2.08 bits per heavy atom. The summed E-state index contributed by atoms with van der Waals surface area (Å²) < 4.78 is 5.28. The second-order valence-electron chi connectivity index (χ2n) is 6.91. The lowest BCUT2D eigenvalue weighted by atomic mass is 10.0. The third-order valence-electron chi connectivity index (χ3n) is 4.75. The molecule has 5 heteroatoms. The Labute approximate surface area is 152 Å². The highest BCUT2D eigenvalue weighted by Gasteiger charge is 2.21. The summed E-state index contributed by atoms with van der Waals surface area (Å²) in [6.45, 7) is 10.6. The minimum absolute atomic E-state index is 0.518. The molecule has 0 aromatic heterocycles. The second kappa shape index (κ2) is 10.3. The maximum Gasteiger partial charge on any atom is 0.191 e. The molecule has 0 bridgehead atoms. The number of guanidine groups is 1. The van der Waals surface area contributed by atoms with Crippen LogP contribution in [0, 0.1) is 0 Å². The number of methoxy groups -OCH3 is 1. The number of nitrogens with one attached hydrogen (secondary N) is 2. The number of rotatable bonds is 7. The first-order valence-corrected chi connectivity index (χ1v) is 9.54. The first-order valence-electron chi connectivity index (χ1n) is 9.54. The third kappa shape index (κ3) is 6.58. The second-order valence-corrected chi connectivity index (χ2v) is 6.91. The van der Waals surface area contributed by atoms with Crippen LogP contribution in [0.5, 0.6) is 5.75 Å². The maximum absolute atomic E-state index is 5.28. The summed E-state index contributed by atoms with van der Waals surface area (Å²) in [5.41, 5.74) is 1.25. The van der Waals surface area contributed by atoms with E-state index < -0.39 is 0 Å². The minimum Gasteiger partial charge on any atom is -0.497 e. The molecular weight excluding hydrogens is 312 g/mol. The highest BCUT2D eigenvalue weighted by Crippen LogP contribution is 2.14. The van der Waals surface area contributed by atoms with Gasteiger partial charge in [0.2, 0.25) is 0 Å². The molecule has 1 fully saturated rings. The number of benzene rings is 1. The van der Waals surface area contributed by atoms with Crippen molar-refractivity contribution in [3.63, 3.8) is 0 Å². The van der Waals surface area contributed by atoms with Crippen molar-refractivity contribution in [2.24, 2.45) is 4.99 Å². The van der Waals surface area contributed by atoms with Crippen LogP contribution >= 0.6 is 0 Å². The van der Waals surface area contributed by atoms with Gasteiger partial charge >= 0.3 is 0 Å². The molecule has 0 aliphatic carbocycles. The molecule has 140 valence electrons. The first-order chi connectivity index (χ1) is 12.1. The normalized spacial score (nSPS) is 16.9. The quantitative estimate of drug-likeness (QED) is 0.589. The third-order valence-corrected chi connectivity index (χ3v) is 4.75. The van der Waals surface area contributed by atoms with Gasteiger partial charge in [-0.25, -0.2) is 0 Å². The van der Waals surface area contributed by atoms with Crippen molar-refractivity contribution in [2.45, 2.75) is 52.1 Å². The highest BCUT2D eigenvalue weighted by atomic mass is 16.5. The largest absolute Gasteiger partial charge is 0.497 e.